The fraction of sp³-hybridized carbons (Fsp3) is 0.400. The van der Waals surface area contributed by atoms with Crippen LogP contribution in [0.5, 0.6) is 0 Å². The molecule has 0 bridgehead atoms. The number of hydrogen-bond donors (Lipinski definition) is 2. The lowest BCUT2D eigenvalue weighted by Gasteiger charge is -2.25. The Morgan fingerprint density at radius 3 is 2.49 bits per heavy atom. The molecule has 2 aromatic rings. The van der Waals surface area contributed by atoms with Gasteiger partial charge >= 0.3 is 0 Å². The summed E-state index contributed by atoms with van der Waals surface area (Å²) in [6.45, 7) is 2.46. The number of carbonyl (C=O) groups is 3. The third-order valence-electron chi connectivity index (χ3n) is 6.67. The fourth-order valence-electron chi connectivity index (χ4n) is 4.79. The predicted octanol–water partition coefficient (Wildman–Crippen LogP) is 1.66. The Balaban J connectivity index is 1.31. The topological polar surface area (TPSA) is 130 Å². The van der Waals surface area contributed by atoms with Crippen LogP contribution in [0.2, 0.25) is 0 Å². The summed E-state index contributed by atoms with van der Waals surface area (Å²) in [4.78, 5) is 39.7. The largest absolute Gasteiger partial charge is 0.399 e. The van der Waals surface area contributed by atoms with Gasteiger partial charge in [-0.2, -0.15) is 4.31 Å². The van der Waals surface area contributed by atoms with Gasteiger partial charge in [0.25, 0.3) is 5.91 Å². The van der Waals surface area contributed by atoms with Crippen molar-refractivity contribution < 1.29 is 22.8 Å². The molecule has 4 rings (SSSR count). The highest BCUT2D eigenvalue weighted by atomic mass is 32.2. The van der Waals surface area contributed by atoms with Crippen LogP contribution < -0.4 is 11.1 Å². The van der Waals surface area contributed by atoms with E-state index in [2.05, 4.69) is 5.32 Å². The molecular weight excluding hydrogens is 468 g/mol. The molecule has 0 radical (unpaired) electrons. The number of amides is 2. The van der Waals surface area contributed by atoms with Gasteiger partial charge in [0.15, 0.2) is 5.78 Å². The van der Waals surface area contributed by atoms with Gasteiger partial charge in [-0.1, -0.05) is 25.1 Å². The van der Waals surface area contributed by atoms with Gasteiger partial charge in [0.2, 0.25) is 15.9 Å². The summed E-state index contributed by atoms with van der Waals surface area (Å²) in [5.41, 5.74) is 6.74. The molecule has 2 heterocycles. The molecule has 3 atom stereocenters. The molecule has 2 saturated heterocycles. The van der Waals surface area contributed by atoms with Crippen LogP contribution in [0.25, 0.3) is 0 Å². The summed E-state index contributed by atoms with van der Waals surface area (Å²) >= 11 is 0. The summed E-state index contributed by atoms with van der Waals surface area (Å²) in [5.74, 6) is -0.637. The third-order valence-corrected chi connectivity index (χ3v) is 8.55. The van der Waals surface area contributed by atoms with Gasteiger partial charge in [0, 0.05) is 30.8 Å². The van der Waals surface area contributed by atoms with Crippen molar-refractivity contribution in [2.75, 3.05) is 25.4 Å². The minimum Gasteiger partial charge on any atom is -0.399 e. The highest BCUT2D eigenvalue weighted by molar-refractivity contribution is 7.89. The van der Waals surface area contributed by atoms with Gasteiger partial charge in [-0.05, 0) is 55.2 Å². The summed E-state index contributed by atoms with van der Waals surface area (Å²) in [7, 11) is -3.82. The Morgan fingerprint density at radius 1 is 1.11 bits per heavy atom. The lowest BCUT2D eigenvalue weighted by atomic mass is 10.0. The van der Waals surface area contributed by atoms with E-state index >= 15 is 0 Å². The molecule has 0 saturated carbocycles. The predicted molar refractivity (Wildman–Crippen MR) is 131 cm³/mol. The standard InChI is InChI=1S/C25H30N4O5S/c1-17(11-13-27-25(32)18-7-9-19(26)10-8-18)15-23(31)28-14-12-21-24(28)22(30)16-29(21)35(33,34)20-5-3-2-4-6-20/h2-10,17,21,24H,11-16,26H2,1H3,(H,27,32). The smallest absolute Gasteiger partial charge is 0.251 e. The molecule has 2 amide bonds. The van der Waals surface area contributed by atoms with Crippen LogP contribution >= 0.6 is 0 Å². The number of hydrogen-bond acceptors (Lipinski definition) is 6. The number of carbonyl (C=O) groups excluding carboxylic acids is 3. The second kappa shape index (κ2) is 10.2. The van der Waals surface area contributed by atoms with E-state index in [1.165, 1.54) is 21.3 Å². The van der Waals surface area contributed by atoms with E-state index in [0.29, 0.717) is 37.2 Å². The van der Waals surface area contributed by atoms with E-state index in [9.17, 15) is 22.8 Å². The van der Waals surface area contributed by atoms with Gasteiger partial charge in [0.05, 0.1) is 17.5 Å². The van der Waals surface area contributed by atoms with Crippen molar-refractivity contribution in [2.24, 2.45) is 5.92 Å². The molecule has 2 aliphatic rings. The van der Waals surface area contributed by atoms with E-state index in [1.807, 2.05) is 6.92 Å². The Kier molecular flexibility index (Phi) is 7.23. The van der Waals surface area contributed by atoms with Crippen molar-refractivity contribution in [3.05, 3.63) is 60.2 Å². The molecule has 186 valence electrons. The number of rotatable bonds is 8. The lowest BCUT2D eigenvalue weighted by molar-refractivity contribution is -0.137. The first-order chi connectivity index (χ1) is 16.7. The first kappa shape index (κ1) is 24.9. The van der Waals surface area contributed by atoms with Crippen LogP contribution in [-0.2, 0) is 19.6 Å². The third kappa shape index (κ3) is 5.23. The summed E-state index contributed by atoms with van der Waals surface area (Å²) in [6.07, 6.45) is 1.25. The average molecular weight is 499 g/mol. The fourth-order valence-corrected chi connectivity index (χ4v) is 6.43. The number of nitrogens with zero attached hydrogens (tertiary/aromatic N) is 2. The first-order valence-electron chi connectivity index (χ1n) is 11.7. The lowest BCUT2D eigenvalue weighted by Crippen LogP contribution is -2.44. The zero-order valence-electron chi connectivity index (χ0n) is 19.6. The highest BCUT2D eigenvalue weighted by Crippen LogP contribution is 2.34. The number of likely N-dealkylation sites (tertiary alicyclic amines) is 1. The number of Topliss-reactive ketones (excluding diaryl/α,β-unsaturated/α-hetero) is 1. The van der Waals surface area contributed by atoms with Crippen LogP contribution in [0.1, 0.15) is 36.5 Å². The van der Waals surface area contributed by atoms with E-state index in [1.54, 1.807) is 42.5 Å². The number of nitrogen functional groups attached to an aromatic ring is 1. The monoisotopic (exact) mass is 498 g/mol. The number of nitrogens with two attached hydrogens (primary N) is 1. The molecule has 0 spiro atoms. The second-order valence-corrected chi connectivity index (χ2v) is 11.1. The Morgan fingerprint density at radius 2 is 1.80 bits per heavy atom. The number of sulfonamides is 1. The van der Waals surface area contributed by atoms with E-state index in [-0.39, 0.29) is 41.4 Å². The number of ketones is 1. The normalized spacial score (nSPS) is 21.1. The van der Waals surface area contributed by atoms with Gasteiger partial charge in [-0.15, -0.1) is 0 Å². The highest BCUT2D eigenvalue weighted by Gasteiger charge is 2.53. The zero-order chi connectivity index (χ0) is 25.2. The van der Waals surface area contributed by atoms with Gasteiger partial charge in [0.1, 0.15) is 6.04 Å². The van der Waals surface area contributed by atoms with Crippen LogP contribution in [0.15, 0.2) is 59.5 Å². The van der Waals surface area contributed by atoms with Gasteiger partial charge in [-0.25, -0.2) is 8.42 Å². The van der Waals surface area contributed by atoms with Crippen LogP contribution in [0.4, 0.5) is 5.69 Å². The Labute approximate surface area is 205 Å². The summed E-state index contributed by atoms with van der Waals surface area (Å²) < 4.78 is 27.4. The molecule has 0 aromatic heterocycles. The maximum absolute atomic E-state index is 13.1. The number of anilines is 1. The van der Waals surface area contributed by atoms with Crippen molar-refractivity contribution in [2.45, 2.75) is 43.2 Å². The first-order valence-corrected chi connectivity index (χ1v) is 13.2. The number of fused-ring (bicyclic) bond motifs is 1. The quantitative estimate of drug-likeness (QED) is 0.533. The van der Waals surface area contributed by atoms with Crippen molar-refractivity contribution in [1.82, 2.24) is 14.5 Å². The molecule has 0 aliphatic carbocycles. The molecular formula is C25H30N4O5S. The van der Waals surface area contributed by atoms with Crippen LogP contribution in [-0.4, -0.2) is 66.9 Å². The van der Waals surface area contributed by atoms with Crippen molar-refractivity contribution >= 4 is 33.3 Å². The van der Waals surface area contributed by atoms with Crippen LogP contribution in [0, 0.1) is 5.92 Å². The van der Waals surface area contributed by atoms with Crippen molar-refractivity contribution in [1.29, 1.82) is 0 Å². The minimum absolute atomic E-state index is 0.0195. The molecule has 10 heteroatoms. The van der Waals surface area contributed by atoms with Gasteiger partial charge in [-0.3, -0.25) is 14.4 Å². The average Bonchev–Trinajstić information content (AvgIpc) is 3.41. The summed E-state index contributed by atoms with van der Waals surface area (Å²) in [5, 5.41) is 2.84. The maximum Gasteiger partial charge on any atom is 0.251 e. The minimum atomic E-state index is -3.82. The molecule has 3 N–H and O–H groups in total. The SMILES string of the molecule is CC(CCNC(=O)c1ccc(N)cc1)CC(=O)N1CCC2C1C(=O)CN2S(=O)(=O)c1ccccc1. The number of benzene rings is 2. The molecule has 2 aliphatic heterocycles. The molecule has 3 unspecified atom stereocenters. The Bertz CT molecular complexity index is 1200. The molecule has 2 fully saturated rings. The van der Waals surface area contributed by atoms with Crippen molar-refractivity contribution in [3.8, 4) is 0 Å². The Hall–Kier alpha value is -3.24. The molecule has 35 heavy (non-hydrogen) atoms. The van der Waals surface area contributed by atoms with Gasteiger partial charge < -0.3 is 16.0 Å². The second-order valence-electron chi connectivity index (χ2n) is 9.19. The maximum atomic E-state index is 13.1. The van der Waals surface area contributed by atoms with E-state index in [4.69, 9.17) is 5.73 Å². The summed E-state index contributed by atoms with van der Waals surface area (Å²) in [6, 6.07) is 13.4. The van der Waals surface area contributed by atoms with E-state index in [0.717, 1.165) is 0 Å². The molecule has 9 nitrogen and oxygen atoms in total. The zero-order valence-corrected chi connectivity index (χ0v) is 20.4. The number of nitrogens with one attached hydrogen (secondary N) is 1. The van der Waals surface area contributed by atoms with Crippen LogP contribution in [0.3, 0.4) is 0 Å². The molecule has 2 aromatic carbocycles. The van der Waals surface area contributed by atoms with Crippen molar-refractivity contribution in [3.63, 3.8) is 0 Å². The van der Waals surface area contributed by atoms with E-state index < -0.39 is 22.1 Å².